The van der Waals surface area contributed by atoms with E-state index in [1.807, 2.05) is 18.2 Å². The molecule has 0 aromatic heterocycles. The molecule has 1 saturated carbocycles. The first-order valence-corrected chi connectivity index (χ1v) is 7.61. The van der Waals surface area contributed by atoms with Crippen molar-refractivity contribution < 1.29 is 13.5 Å². The minimum Gasteiger partial charge on any atom is -0.490 e. The zero-order chi connectivity index (χ0) is 14.8. The van der Waals surface area contributed by atoms with Crippen molar-refractivity contribution in [3.63, 3.8) is 0 Å². The zero-order valence-electron chi connectivity index (χ0n) is 12.2. The van der Waals surface area contributed by atoms with E-state index in [0.29, 0.717) is 11.1 Å². The maximum atomic E-state index is 13.5. The van der Waals surface area contributed by atoms with Gasteiger partial charge in [0.05, 0.1) is 11.7 Å². The second-order valence-electron chi connectivity index (χ2n) is 6.00. The summed E-state index contributed by atoms with van der Waals surface area (Å²) in [5, 5.41) is 1.42. The fourth-order valence-corrected chi connectivity index (χ4v) is 3.13. The highest BCUT2D eigenvalue weighted by molar-refractivity contribution is 5.88. The van der Waals surface area contributed by atoms with E-state index in [-0.39, 0.29) is 11.7 Å². The minimum absolute atomic E-state index is 0.0340. The molecule has 3 rings (SSSR count). The first-order valence-electron chi connectivity index (χ1n) is 7.61. The molecule has 0 bridgehead atoms. The summed E-state index contributed by atoms with van der Waals surface area (Å²) >= 11 is 0. The molecule has 1 nitrogen and oxygen atoms in total. The molecule has 1 fully saturated rings. The molecule has 0 N–H and O–H groups in total. The summed E-state index contributed by atoms with van der Waals surface area (Å²) in [5.74, 6) is 1.07. The highest BCUT2D eigenvalue weighted by Gasteiger charge is 2.23. The van der Waals surface area contributed by atoms with E-state index in [1.54, 1.807) is 18.2 Å². The predicted octanol–water partition coefficient (Wildman–Crippen LogP) is 5.73. The topological polar surface area (TPSA) is 9.23 Å². The molecule has 0 atom stereocenters. The Morgan fingerprint density at radius 3 is 2.43 bits per heavy atom. The molecule has 0 aliphatic heterocycles. The summed E-state index contributed by atoms with van der Waals surface area (Å²) < 4.78 is 32.9. The Bertz CT molecular complexity index is 616. The molecule has 0 saturated heterocycles. The van der Waals surface area contributed by atoms with Crippen molar-refractivity contribution in [2.24, 2.45) is 5.92 Å². The largest absolute Gasteiger partial charge is 0.490 e. The van der Waals surface area contributed by atoms with Crippen LogP contribution in [0.3, 0.4) is 0 Å². The molecule has 2 aromatic carbocycles. The van der Waals surface area contributed by atoms with Gasteiger partial charge in [-0.25, -0.2) is 8.78 Å². The summed E-state index contributed by atoms with van der Waals surface area (Å²) in [6.07, 6.45) is 1.69. The van der Waals surface area contributed by atoms with Crippen molar-refractivity contribution in [3.8, 4) is 5.75 Å². The fraction of sp³-hybridized carbons (Fsp3) is 0.444. The third kappa shape index (κ3) is 3.02. The number of halogens is 2. The lowest BCUT2D eigenvalue weighted by molar-refractivity contribution is 0.116. The van der Waals surface area contributed by atoms with E-state index in [0.717, 1.165) is 37.0 Å². The van der Waals surface area contributed by atoms with Gasteiger partial charge in [0.2, 0.25) is 0 Å². The van der Waals surface area contributed by atoms with Crippen LogP contribution in [0.2, 0.25) is 0 Å². The van der Waals surface area contributed by atoms with Crippen LogP contribution in [0.25, 0.3) is 10.8 Å². The molecular formula is C18H20F2O. The number of hydrogen-bond acceptors (Lipinski definition) is 1. The van der Waals surface area contributed by atoms with Crippen LogP contribution in [0.15, 0.2) is 36.4 Å². The fourth-order valence-electron chi connectivity index (χ4n) is 3.13. The van der Waals surface area contributed by atoms with Gasteiger partial charge < -0.3 is 4.74 Å². The Hall–Kier alpha value is -1.64. The van der Waals surface area contributed by atoms with E-state index in [1.165, 1.54) is 0 Å². The maximum absolute atomic E-state index is 13.5. The molecule has 0 amide bonds. The Labute approximate surface area is 123 Å². The van der Waals surface area contributed by atoms with Gasteiger partial charge in [0.15, 0.2) is 0 Å². The van der Waals surface area contributed by atoms with Gasteiger partial charge in [-0.2, -0.15) is 0 Å². The quantitative estimate of drug-likeness (QED) is 0.701. The predicted molar refractivity (Wildman–Crippen MR) is 81.0 cm³/mol. The molecule has 1 aliphatic carbocycles. The van der Waals surface area contributed by atoms with Gasteiger partial charge in [0.1, 0.15) is 5.75 Å². The first-order chi connectivity index (χ1) is 10.1. The average Bonchev–Trinajstić information content (AvgIpc) is 2.49. The summed E-state index contributed by atoms with van der Waals surface area (Å²) in [6, 6.07) is 10.8. The standard InChI is InChI=1S/C18H20F2O/c1-12-6-9-14(10-7-12)21-16-11-8-13-4-2-3-5-15(13)17(16)18(19)20/h2-5,8,11-12,14,18H,6-7,9-10H2,1H3. The van der Waals surface area contributed by atoms with E-state index < -0.39 is 6.43 Å². The third-order valence-corrected chi connectivity index (χ3v) is 4.41. The summed E-state index contributed by atoms with van der Waals surface area (Å²) in [4.78, 5) is 0. The van der Waals surface area contributed by atoms with Crippen molar-refractivity contribution in [1.82, 2.24) is 0 Å². The summed E-state index contributed by atoms with van der Waals surface area (Å²) in [5.41, 5.74) is 0.0340. The van der Waals surface area contributed by atoms with E-state index in [2.05, 4.69) is 6.92 Å². The molecule has 0 unspecified atom stereocenters. The Kier molecular flexibility index (Phi) is 4.09. The number of benzene rings is 2. The smallest absolute Gasteiger partial charge is 0.268 e. The normalized spacial score (nSPS) is 22.7. The number of rotatable bonds is 3. The van der Waals surface area contributed by atoms with Gasteiger partial charge in [0, 0.05) is 0 Å². The van der Waals surface area contributed by atoms with Gasteiger partial charge in [0.25, 0.3) is 6.43 Å². The molecule has 0 heterocycles. The van der Waals surface area contributed by atoms with Crippen LogP contribution in [0, 0.1) is 5.92 Å². The van der Waals surface area contributed by atoms with Gasteiger partial charge in [-0.05, 0) is 48.4 Å². The van der Waals surface area contributed by atoms with Gasteiger partial charge in [-0.1, -0.05) is 37.3 Å². The van der Waals surface area contributed by atoms with E-state index >= 15 is 0 Å². The van der Waals surface area contributed by atoms with Crippen molar-refractivity contribution in [2.75, 3.05) is 0 Å². The summed E-state index contributed by atoms with van der Waals surface area (Å²) in [7, 11) is 0. The van der Waals surface area contributed by atoms with Crippen LogP contribution in [0.1, 0.15) is 44.6 Å². The Morgan fingerprint density at radius 1 is 1.00 bits per heavy atom. The van der Waals surface area contributed by atoms with Gasteiger partial charge >= 0.3 is 0 Å². The van der Waals surface area contributed by atoms with Crippen molar-refractivity contribution in [3.05, 3.63) is 42.0 Å². The van der Waals surface area contributed by atoms with Crippen molar-refractivity contribution in [1.29, 1.82) is 0 Å². The molecular weight excluding hydrogens is 270 g/mol. The van der Waals surface area contributed by atoms with Crippen LogP contribution >= 0.6 is 0 Å². The van der Waals surface area contributed by atoms with Crippen LogP contribution in [0.5, 0.6) is 5.75 Å². The van der Waals surface area contributed by atoms with Crippen molar-refractivity contribution in [2.45, 2.75) is 45.1 Å². The monoisotopic (exact) mass is 290 g/mol. The lowest BCUT2D eigenvalue weighted by atomic mass is 9.89. The number of hydrogen-bond donors (Lipinski definition) is 0. The Balaban J connectivity index is 1.92. The van der Waals surface area contributed by atoms with E-state index in [4.69, 9.17) is 4.74 Å². The van der Waals surface area contributed by atoms with Crippen LogP contribution in [-0.2, 0) is 0 Å². The van der Waals surface area contributed by atoms with Crippen LogP contribution in [-0.4, -0.2) is 6.10 Å². The molecule has 1 aliphatic rings. The highest BCUT2D eigenvalue weighted by atomic mass is 19.3. The minimum atomic E-state index is -2.52. The highest BCUT2D eigenvalue weighted by Crippen LogP contribution is 2.37. The SMILES string of the molecule is CC1CCC(Oc2ccc3ccccc3c2C(F)F)CC1. The summed E-state index contributed by atoms with van der Waals surface area (Å²) in [6.45, 7) is 2.23. The second kappa shape index (κ2) is 6.00. The van der Waals surface area contributed by atoms with Gasteiger partial charge in [-0.15, -0.1) is 0 Å². The molecule has 112 valence electrons. The van der Waals surface area contributed by atoms with Crippen LogP contribution < -0.4 is 4.74 Å². The third-order valence-electron chi connectivity index (χ3n) is 4.41. The lowest BCUT2D eigenvalue weighted by Gasteiger charge is -2.28. The van der Waals surface area contributed by atoms with E-state index in [9.17, 15) is 8.78 Å². The molecule has 2 aromatic rings. The molecule has 3 heteroatoms. The molecule has 0 radical (unpaired) electrons. The average molecular weight is 290 g/mol. The number of alkyl halides is 2. The molecule has 21 heavy (non-hydrogen) atoms. The lowest BCUT2D eigenvalue weighted by Crippen LogP contribution is -2.23. The number of ether oxygens (including phenoxy) is 1. The van der Waals surface area contributed by atoms with Crippen molar-refractivity contribution >= 4 is 10.8 Å². The maximum Gasteiger partial charge on any atom is 0.268 e. The molecule has 0 spiro atoms. The Morgan fingerprint density at radius 2 is 1.71 bits per heavy atom. The first kappa shape index (κ1) is 14.3. The second-order valence-corrected chi connectivity index (χ2v) is 6.00. The van der Waals surface area contributed by atoms with Crippen LogP contribution in [0.4, 0.5) is 8.78 Å². The number of fused-ring (bicyclic) bond motifs is 1. The van der Waals surface area contributed by atoms with Gasteiger partial charge in [-0.3, -0.25) is 0 Å². The zero-order valence-corrected chi connectivity index (χ0v) is 12.2.